The van der Waals surface area contributed by atoms with Crippen LogP contribution in [0.3, 0.4) is 0 Å². The van der Waals surface area contributed by atoms with E-state index < -0.39 is 17.7 Å². The van der Waals surface area contributed by atoms with Gasteiger partial charge in [0.25, 0.3) is 0 Å². The lowest BCUT2D eigenvalue weighted by molar-refractivity contribution is -0.138. The van der Waals surface area contributed by atoms with Crippen LogP contribution in [0.5, 0.6) is 0 Å². The Bertz CT molecular complexity index is 1120. The summed E-state index contributed by atoms with van der Waals surface area (Å²) < 4.78 is 52.2. The van der Waals surface area contributed by atoms with Gasteiger partial charge in [-0.05, 0) is 55.7 Å². The Morgan fingerprint density at radius 1 is 1.12 bits per heavy atom. The molecule has 0 aliphatic heterocycles. The van der Waals surface area contributed by atoms with Gasteiger partial charge >= 0.3 is 12.1 Å². The van der Waals surface area contributed by atoms with Gasteiger partial charge in [-0.1, -0.05) is 50.2 Å². The van der Waals surface area contributed by atoms with Gasteiger partial charge in [-0.15, -0.1) is 0 Å². The number of benzene rings is 2. The third-order valence-electron chi connectivity index (χ3n) is 4.98. The average Bonchev–Trinajstić information content (AvgIpc) is 3.16. The van der Waals surface area contributed by atoms with Crippen molar-refractivity contribution in [1.82, 2.24) is 0 Å². The molecule has 0 atom stereocenters. The highest BCUT2D eigenvalue weighted by Crippen LogP contribution is 2.41. The van der Waals surface area contributed by atoms with E-state index in [1.165, 1.54) is 13.0 Å². The van der Waals surface area contributed by atoms with E-state index >= 15 is 0 Å². The zero-order valence-electron chi connectivity index (χ0n) is 18.1. The fourth-order valence-electron chi connectivity index (χ4n) is 3.28. The second kappa shape index (κ2) is 10.3. The van der Waals surface area contributed by atoms with E-state index in [9.17, 15) is 18.0 Å². The van der Waals surface area contributed by atoms with E-state index in [2.05, 4.69) is 13.5 Å². The maximum absolute atomic E-state index is 13.8. The number of ether oxygens (including phenoxy) is 1. The van der Waals surface area contributed by atoms with E-state index in [-0.39, 0.29) is 22.8 Å². The van der Waals surface area contributed by atoms with Crippen LogP contribution in [0.2, 0.25) is 0 Å². The Kier molecular flexibility index (Phi) is 7.72. The molecule has 0 radical (unpaired) electrons. The molecule has 0 spiro atoms. The first-order valence-electron chi connectivity index (χ1n) is 10.4. The molecule has 0 fully saturated rings. The van der Waals surface area contributed by atoms with Gasteiger partial charge in [0, 0.05) is 21.4 Å². The molecule has 170 valence electrons. The predicted octanol–water partition coefficient (Wildman–Crippen LogP) is 8.02. The second-order valence-corrected chi connectivity index (χ2v) is 8.62. The van der Waals surface area contributed by atoms with Gasteiger partial charge in [0.15, 0.2) is 0 Å². The summed E-state index contributed by atoms with van der Waals surface area (Å²) in [5.74, 6) is -0.516. The molecule has 0 saturated heterocycles. The number of esters is 1. The molecule has 0 amide bonds. The highest BCUT2D eigenvalue weighted by atomic mass is 32.2. The van der Waals surface area contributed by atoms with Crippen molar-refractivity contribution in [3.8, 4) is 11.3 Å². The van der Waals surface area contributed by atoms with Crippen LogP contribution in [0.25, 0.3) is 22.3 Å². The topological polar surface area (TPSA) is 39.4 Å². The third kappa shape index (κ3) is 5.97. The standard InChI is InChI=1S/C25H25F3O3S/c1-4-5-6-7-17-8-9-18-13-23(31-22(18)12-17)20-11-10-19(14-21(20)25(26,27)28)32-15-30-24(29)16(2)3/h8-14H,2,4-7,15H2,1,3H3. The van der Waals surface area contributed by atoms with Gasteiger partial charge in [0.2, 0.25) is 0 Å². The molecule has 0 saturated carbocycles. The summed E-state index contributed by atoms with van der Waals surface area (Å²) in [6, 6.07) is 11.4. The number of fused-ring (bicyclic) bond motifs is 1. The number of hydrogen-bond donors (Lipinski definition) is 0. The summed E-state index contributed by atoms with van der Waals surface area (Å²) >= 11 is 1.00. The van der Waals surface area contributed by atoms with E-state index in [4.69, 9.17) is 9.15 Å². The van der Waals surface area contributed by atoms with Gasteiger partial charge in [-0.25, -0.2) is 4.79 Å². The fraction of sp³-hybridized carbons (Fsp3) is 0.320. The lowest BCUT2D eigenvalue weighted by Gasteiger charge is -2.13. The van der Waals surface area contributed by atoms with Crippen LogP contribution in [0.15, 0.2) is 63.9 Å². The van der Waals surface area contributed by atoms with Crippen molar-refractivity contribution in [2.45, 2.75) is 50.6 Å². The van der Waals surface area contributed by atoms with Crippen LogP contribution in [0.1, 0.15) is 44.2 Å². The molecule has 0 aliphatic carbocycles. The van der Waals surface area contributed by atoms with Crippen molar-refractivity contribution in [2.75, 3.05) is 5.94 Å². The van der Waals surface area contributed by atoms with Crippen molar-refractivity contribution in [3.63, 3.8) is 0 Å². The highest BCUT2D eigenvalue weighted by Gasteiger charge is 2.35. The van der Waals surface area contributed by atoms with E-state index in [0.29, 0.717) is 10.5 Å². The molecule has 3 aromatic rings. The summed E-state index contributed by atoms with van der Waals surface area (Å²) in [4.78, 5) is 11.8. The number of furan rings is 1. The quantitative estimate of drug-likeness (QED) is 0.106. The summed E-state index contributed by atoms with van der Waals surface area (Å²) in [5, 5.41) is 0.762. The van der Waals surface area contributed by atoms with Gasteiger partial charge < -0.3 is 9.15 Å². The van der Waals surface area contributed by atoms with Crippen molar-refractivity contribution in [1.29, 1.82) is 0 Å². The number of carbonyl (C=O) groups is 1. The zero-order chi connectivity index (χ0) is 23.3. The molecule has 32 heavy (non-hydrogen) atoms. The summed E-state index contributed by atoms with van der Waals surface area (Å²) in [6.45, 7) is 7.11. The monoisotopic (exact) mass is 462 g/mol. The smallest absolute Gasteiger partial charge is 0.417 e. The van der Waals surface area contributed by atoms with E-state index in [1.54, 1.807) is 12.1 Å². The molecular formula is C25H25F3O3S. The normalized spacial score (nSPS) is 11.7. The first-order valence-corrected chi connectivity index (χ1v) is 11.4. The van der Waals surface area contributed by atoms with Crippen molar-refractivity contribution >= 4 is 28.7 Å². The molecule has 1 heterocycles. The minimum absolute atomic E-state index is 0.0236. The number of thioether (sulfide) groups is 1. The molecule has 0 unspecified atom stereocenters. The Hall–Kier alpha value is -2.67. The average molecular weight is 463 g/mol. The number of halogens is 3. The Morgan fingerprint density at radius 2 is 1.91 bits per heavy atom. The minimum Gasteiger partial charge on any atom is -0.456 e. The molecule has 1 aromatic heterocycles. The molecule has 7 heteroatoms. The van der Waals surface area contributed by atoms with Crippen LogP contribution < -0.4 is 0 Å². The maximum atomic E-state index is 13.8. The van der Waals surface area contributed by atoms with Crippen LogP contribution in [-0.4, -0.2) is 11.9 Å². The van der Waals surface area contributed by atoms with Gasteiger partial charge in [0.1, 0.15) is 17.3 Å². The third-order valence-corrected chi connectivity index (χ3v) is 5.80. The number of rotatable bonds is 9. The van der Waals surface area contributed by atoms with E-state index in [0.717, 1.165) is 54.5 Å². The maximum Gasteiger partial charge on any atom is 0.417 e. The van der Waals surface area contributed by atoms with Gasteiger partial charge in [0.05, 0.1) is 5.56 Å². The van der Waals surface area contributed by atoms with Gasteiger partial charge in [-0.3, -0.25) is 0 Å². The van der Waals surface area contributed by atoms with Gasteiger partial charge in [-0.2, -0.15) is 13.2 Å². The minimum atomic E-state index is -4.56. The fourth-order valence-corrected chi connectivity index (χ4v) is 3.95. The van der Waals surface area contributed by atoms with Crippen LogP contribution in [-0.2, 0) is 22.1 Å². The Labute approximate surface area is 189 Å². The molecular weight excluding hydrogens is 437 g/mol. The number of unbranched alkanes of at least 4 members (excludes halogenated alkanes) is 2. The summed E-state index contributed by atoms with van der Waals surface area (Å²) in [6.07, 6.45) is -0.334. The second-order valence-electron chi connectivity index (χ2n) is 7.62. The van der Waals surface area contributed by atoms with Crippen molar-refractivity contribution < 1.29 is 27.1 Å². The predicted molar refractivity (Wildman–Crippen MR) is 122 cm³/mol. The zero-order valence-corrected chi connectivity index (χ0v) is 18.9. The molecule has 3 rings (SSSR count). The highest BCUT2D eigenvalue weighted by molar-refractivity contribution is 7.99. The van der Waals surface area contributed by atoms with Crippen LogP contribution in [0, 0.1) is 0 Å². The van der Waals surface area contributed by atoms with Crippen LogP contribution >= 0.6 is 11.8 Å². The lowest BCUT2D eigenvalue weighted by Crippen LogP contribution is -2.07. The number of carbonyl (C=O) groups excluding carboxylic acids is 1. The first kappa shape index (κ1) is 24.0. The molecule has 3 nitrogen and oxygen atoms in total. The number of hydrogen-bond acceptors (Lipinski definition) is 4. The molecule has 0 N–H and O–H groups in total. The molecule has 0 aliphatic rings. The van der Waals surface area contributed by atoms with Crippen LogP contribution in [0.4, 0.5) is 13.2 Å². The number of aryl methyl sites for hydroxylation is 1. The van der Waals surface area contributed by atoms with Crippen molar-refractivity contribution in [2.24, 2.45) is 0 Å². The first-order chi connectivity index (χ1) is 15.2. The van der Waals surface area contributed by atoms with Crippen molar-refractivity contribution in [3.05, 3.63) is 65.7 Å². The Morgan fingerprint density at radius 3 is 2.59 bits per heavy atom. The van der Waals surface area contributed by atoms with E-state index in [1.807, 2.05) is 18.2 Å². The Balaban J connectivity index is 1.86. The molecule has 0 bridgehead atoms. The largest absolute Gasteiger partial charge is 0.456 e. The molecule has 2 aromatic carbocycles. The summed E-state index contributed by atoms with van der Waals surface area (Å²) in [5.41, 5.74) is 1.10. The summed E-state index contributed by atoms with van der Waals surface area (Å²) in [7, 11) is 0. The lowest BCUT2D eigenvalue weighted by atomic mass is 10.0. The SMILES string of the molecule is C=C(C)C(=O)OCSc1ccc(-c2cc3ccc(CCCCC)cc3o2)c(C(F)(F)F)c1. The number of alkyl halides is 3.